The molecule has 0 N–H and O–H groups in total. The van der Waals surface area contributed by atoms with Gasteiger partial charge in [-0.1, -0.05) is 75.7 Å². The lowest BCUT2D eigenvalue weighted by molar-refractivity contribution is -0.159. The average Bonchev–Trinajstić information content (AvgIpc) is 3.97. The number of fused-ring (bicyclic) bond motifs is 1. The molecule has 0 bridgehead atoms. The van der Waals surface area contributed by atoms with E-state index in [2.05, 4.69) is 67.2 Å². The predicted molar refractivity (Wildman–Crippen MR) is 197 cm³/mol. The van der Waals surface area contributed by atoms with E-state index in [4.69, 9.17) is 13.6 Å². The summed E-state index contributed by atoms with van der Waals surface area (Å²) in [7, 11) is -4.24. The van der Waals surface area contributed by atoms with Gasteiger partial charge in [0, 0.05) is 35.9 Å². The number of Topliss-reactive ketones (excluding diaryl/α,β-unsaturated/α-hetero) is 2. The van der Waals surface area contributed by atoms with E-state index in [0.29, 0.717) is 6.42 Å². The molecule has 3 aliphatic rings. The van der Waals surface area contributed by atoms with Gasteiger partial charge in [-0.15, -0.1) is 0 Å². The van der Waals surface area contributed by atoms with Crippen molar-refractivity contribution in [1.82, 2.24) is 4.90 Å². The highest BCUT2D eigenvalue weighted by molar-refractivity contribution is 6.74. The topological polar surface area (TPSA) is 81.9 Å². The van der Waals surface area contributed by atoms with Crippen LogP contribution < -0.4 is 0 Å². The normalized spacial score (nSPS) is 34.4. The molecule has 7 nitrogen and oxygen atoms in total. The Morgan fingerprint density at radius 3 is 1.89 bits per heavy atom. The molecule has 0 aromatic rings. The summed E-state index contributed by atoms with van der Waals surface area (Å²) in [6, 6.07) is 6.09. The van der Waals surface area contributed by atoms with E-state index in [1.54, 1.807) is 6.92 Å². The average molecular weight is 694 g/mol. The minimum absolute atomic E-state index is 0.00570. The van der Waals surface area contributed by atoms with Crippen LogP contribution in [0.1, 0.15) is 128 Å². The highest BCUT2D eigenvalue weighted by Gasteiger charge is 2.60. The van der Waals surface area contributed by atoms with Crippen molar-refractivity contribution in [2.75, 3.05) is 6.54 Å². The van der Waals surface area contributed by atoms with Crippen LogP contribution in [0.2, 0.25) is 36.3 Å². The van der Waals surface area contributed by atoms with Crippen molar-refractivity contribution >= 4 is 34.2 Å². The smallest absolute Gasteiger partial charge is 0.309 e. The number of hydrogen-bond donors (Lipinski definition) is 0. The first-order valence-corrected chi connectivity index (χ1v) is 24.4. The predicted octanol–water partition coefficient (Wildman–Crippen LogP) is 8.95. The van der Waals surface area contributed by atoms with Gasteiger partial charge in [-0.05, 0) is 87.6 Å². The van der Waals surface area contributed by atoms with Crippen molar-refractivity contribution in [2.24, 2.45) is 23.2 Å². The lowest BCUT2D eigenvalue weighted by atomic mass is 9.73. The Hall–Kier alpha value is -0.876. The summed E-state index contributed by atoms with van der Waals surface area (Å²) in [4.78, 5) is 44.2. The Bertz CT molecular complexity index is 1050. The van der Waals surface area contributed by atoms with Gasteiger partial charge >= 0.3 is 5.97 Å². The van der Waals surface area contributed by atoms with E-state index in [-0.39, 0.29) is 47.5 Å². The number of ketones is 2. The number of carbonyl (C=O) groups is 3. The van der Waals surface area contributed by atoms with E-state index in [9.17, 15) is 14.4 Å². The lowest BCUT2D eigenvalue weighted by Crippen LogP contribution is -2.53. The van der Waals surface area contributed by atoms with Crippen molar-refractivity contribution in [3.05, 3.63) is 0 Å². The van der Waals surface area contributed by atoms with Crippen molar-refractivity contribution in [3.63, 3.8) is 0 Å². The number of carbonyl (C=O) groups excluding carboxylic acids is 3. The highest BCUT2D eigenvalue weighted by Crippen LogP contribution is 2.51. The van der Waals surface area contributed by atoms with Gasteiger partial charge in [-0.25, -0.2) is 0 Å². The molecule has 0 amide bonds. The molecule has 2 heterocycles. The van der Waals surface area contributed by atoms with Crippen molar-refractivity contribution in [1.29, 1.82) is 0 Å². The van der Waals surface area contributed by atoms with Crippen molar-refractivity contribution in [3.8, 4) is 0 Å². The molecule has 0 spiro atoms. The van der Waals surface area contributed by atoms with Gasteiger partial charge in [-0.3, -0.25) is 19.3 Å². The van der Waals surface area contributed by atoms with Crippen molar-refractivity contribution in [2.45, 2.75) is 194 Å². The molecule has 47 heavy (non-hydrogen) atoms. The zero-order chi connectivity index (χ0) is 35.4. The fourth-order valence-electron chi connectivity index (χ4n) is 8.63. The third-order valence-electron chi connectivity index (χ3n) is 13.2. The fourth-order valence-corrected chi connectivity index (χ4v) is 14.6. The number of nitrogens with zero attached hydrogens (tertiary/aromatic N) is 1. The summed E-state index contributed by atoms with van der Waals surface area (Å²) in [6.07, 6.45) is 4.53. The van der Waals surface area contributed by atoms with Crippen LogP contribution in [0.4, 0.5) is 0 Å². The van der Waals surface area contributed by atoms with Crippen LogP contribution in [0.15, 0.2) is 0 Å². The molecule has 0 aromatic heterocycles. The number of esters is 1. The Morgan fingerprint density at radius 1 is 0.872 bits per heavy atom. The fraction of sp³-hybridized carbons (Fsp3) is 0.921. The van der Waals surface area contributed by atoms with E-state index in [1.165, 1.54) is 12.8 Å². The molecule has 2 aliphatic heterocycles. The molecular formula is C38H71NO6Si2. The first-order valence-electron chi connectivity index (χ1n) is 19.4. The summed E-state index contributed by atoms with van der Waals surface area (Å²) >= 11 is 0. The molecule has 9 heteroatoms. The minimum atomic E-state index is -2.21. The molecule has 3 rings (SSSR count). The summed E-state index contributed by atoms with van der Waals surface area (Å²) < 4.78 is 20.4. The number of hydrogen-bond acceptors (Lipinski definition) is 7. The van der Waals surface area contributed by atoms with Crippen LogP contribution in [-0.2, 0) is 28.0 Å². The summed E-state index contributed by atoms with van der Waals surface area (Å²) in [5.41, 5.74) is -0.945. The molecule has 1 saturated carbocycles. The minimum Gasteiger partial charge on any atom is -0.454 e. The van der Waals surface area contributed by atoms with E-state index in [1.807, 2.05) is 13.8 Å². The molecule has 2 saturated heterocycles. The lowest BCUT2D eigenvalue weighted by Gasteiger charge is -2.44. The molecule has 2 unspecified atom stereocenters. The maximum Gasteiger partial charge on any atom is 0.309 e. The molecule has 272 valence electrons. The number of rotatable bonds is 13. The molecule has 3 fully saturated rings. The van der Waals surface area contributed by atoms with Gasteiger partial charge in [0.1, 0.15) is 5.78 Å². The Kier molecular flexibility index (Phi) is 14.2. The largest absolute Gasteiger partial charge is 0.454 e. The zero-order valence-corrected chi connectivity index (χ0v) is 34.3. The third kappa shape index (κ3) is 9.27. The van der Waals surface area contributed by atoms with E-state index >= 15 is 0 Å². The quantitative estimate of drug-likeness (QED) is 0.108. The zero-order valence-electron chi connectivity index (χ0n) is 32.3. The monoisotopic (exact) mass is 693 g/mol. The standard InChI is InChI=1S/C38H71NO6Si2/c1-13-46(14-2,15-3)44-33-25-34(41)43-31(29(9)40)24-32-38(12,39(32)26-30-21-22-30)23-19-20-27(7)35(28(8)36(42)37(33,10)11)45-47(16-4,17-5)18-6/h27-28,30-33,35H,13-26H2,1-12H3/t27-,28+,31-,32-,33-,35?,38+,39?/m0/s1. The van der Waals surface area contributed by atoms with Gasteiger partial charge in [0.15, 0.2) is 28.5 Å². The number of ether oxygens (including phenoxy) is 1. The van der Waals surface area contributed by atoms with Gasteiger partial charge in [0.2, 0.25) is 0 Å². The third-order valence-corrected chi connectivity index (χ3v) is 22.5. The molecule has 8 atom stereocenters. The maximum atomic E-state index is 14.8. The first kappa shape index (κ1) is 40.6. The van der Waals surface area contributed by atoms with E-state index in [0.717, 1.165) is 68.0 Å². The first-order chi connectivity index (χ1) is 22.0. The molecule has 0 aromatic carbocycles. The second-order valence-corrected chi connectivity index (χ2v) is 25.9. The Balaban J connectivity index is 2.07. The van der Waals surface area contributed by atoms with E-state index < -0.39 is 40.2 Å². The molecular weight excluding hydrogens is 623 g/mol. The second kappa shape index (κ2) is 16.4. The summed E-state index contributed by atoms with van der Waals surface area (Å²) in [5, 5.41) is 0. The SMILES string of the molecule is CC[Si](CC)(CC)OC1[C@@H](C)CCC[C@]2(C)[C@H](C[C@@H](C(C)=O)OC(=O)C[C@H](O[Si](CC)(CC)CC)C(C)(C)C(=O)[C@@H]1C)N2CC1CC1. The van der Waals surface area contributed by atoms with Crippen LogP contribution in [-0.4, -0.2) is 75.5 Å². The van der Waals surface area contributed by atoms with Crippen LogP contribution in [0.5, 0.6) is 0 Å². The van der Waals surface area contributed by atoms with Gasteiger partial charge in [0.05, 0.1) is 18.6 Å². The summed E-state index contributed by atoms with van der Waals surface area (Å²) in [6.45, 7) is 26.5. The van der Waals surface area contributed by atoms with Gasteiger partial charge in [0.25, 0.3) is 0 Å². The maximum absolute atomic E-state index is 14.8. The van der Waals surface area contributed by atoms with Crippen molar-refractivity contribution < 1.29 is 28.0 Å². The Morgan fingerprint density at radius 2 is 1.40 bits per heavy atom. The highest BCUT2D eigenvalue weighted by atomic mass is 28.4. The second-order valence-electron chi connectivity index (χ2n) is 16.4. The van der Waals surface area contributed by atoms with Gasteiger partial charge in [-0.2, -0.15) is 0 Å². The Labute approximate surface area is 290 Å². The van der Waals surface area contributed by atoms with Crippen LogP contribution in [0.25, 0.3) is 0 Å². The van der Waals surface area contributed by atoms with Crippen LogP contribution >= 0.6 is 0 Å². The molecule has 1 aliphatic carbocycles. The van der Waals surface area contributed by atoms with Crippen LogP contribution in [0.3, 0.4) is 0 Å². The number of cyclic esters (lactones) is 1. The molecule has 0 radical (unpaired) electrons. The van der Waals surface area contributed by atoms with Gasteiger partial charge < -0.3 is 13.6 Å². The van der Waals surface area contributed by atoms with Crippen LogP contribution in [0, 0.1) is 23.2 Å². The summed E-state index contributed by atoms with van der Waals surface area (Å²) in [5.74, 6) is 0.179.